The molecule has 2 bridgehead atoms. The first-order chi connectivity index (χ1) is 16.2. The molecule has 34 heavy (non-hydrogen) atoms. The minimum absolute atomic E-state index is 0.379. The van der Waals surface area contributed by atoms with Gasteiger partial charge in [-0.2, -0.15) is 0 Å². The molecule has 1 fully saturated rings. The number of carbonyl (C=O) groups excluding carboxylic acids is 4. The molecular weight excluding hydrogens is 432 g/mol. The number of benzene rings is 2. The smallest absolute Gasteiger partial charge is 0.315 e. The zero-order valence-corrected chi connectivity index (χ0v) is 19.7. The summed E-state index contributed by atoms with van der Waals surface area (Å²) < 4.78 is 11.4. The molecule has 2 aromatic rings. The summed E-state index contributed by atoms with van der Waals surface area (Å²) >= 11 is 0. The zero-order valence-electron chi connectivity index (χ0n) is 19.7. The Labute approximate surface area is 198 Å². The van der Waals surface area contributed by atoms with Crippen molar-refractivity contribution in [2.24, 2.45) is 35.5 Å². The molecule has 0 aliphatic heterocycles. The lowest BCUT2D eigenvalue weighted by Gasteiger charge is -2.48. The lowest BCUT2D eigenvalue weighted by molar-refractivity contribution is -0.163. The van der Waals surface area contributed by atoms with Crippen LogP contribution in [0.4, 0.5) is 0 Å². The van der Waals surface area contributed by atoms with E-state index in [1.165, 1.54) is 0 Å². The summed E-state index contributed by atoms with van der Waals surface area (Å²) in [5.41, 5.74) is 3.74. The first-order valence-corrected chi connectivity index (χ1v) is 11.4. The Morgan fingerprint density at radius 1 is 0.618 bits per heavy atom. The van der Waals surface area contributed by atoms with Gasteiger partial charge in [-0.25, -0.2) is 0 Å². The van der Waals surface area contributed by atoms with Crippen LogP contribution in [-0.4, -0.2) is 24.5 Å². The number of ether oxygens (including phenoxy) is 2. The molecule has 176 valence electrons. The zero-order chi connectivity index (χ0) is 24.6. The fourth-order valence-electron chi connectivity index (χ4n) is 5.55. The maximum absolute atomic E-state index is 13.4. The average molecular weight is 461 g/mol. The predicted molar refractivity (Wildman–Crippen MR) is 125 cm³/mol. The summed E-state index contributed by atoms with van der Waals surface area (Å²) in [7, 11) is 0. The van der Waals surface area contributed by atoms with Gasteiger partial charge in [0.05, 0.1) is 11.8 Å². The van der Waals surface area contributed by atoms with Crippen molar-refractivity contribution in [3.05, 3.63) is 70.8 Å². The Morgan fingerprint density at radius 3 is 1.24 bits per heavy atom. The van der Waals surface area contributed by atoms with Crippen molar-refractivity contribution in [2.75, 3.05) is 0 Å². The van der Waals surface area contributed by atoms with Crippen LogP contribution >= 0.6 is 0 Å². The van der Waals surface area contributed by atoms with E-state index in [2.05, 4.69) is 0 Å². The van der Waals surface area contributed by atoms with Crippen molar-refractivity contribution < 1.29 is 28.7 Å². The normalized spacial score (nSPS) is 27.2. The maximum atomic E-state index is 13.4. The van der Waals surface area contributed by atoms with Crippen LogP contribution in [0.25, 0.3) is 0 Å². The molecule has 0 radical (unpaired) electrons. The van der Waals surface area contributed by atoms with E-state index in [-0.39, 0.29) is 0 Å². The molecule has 0 N–H and O–H groups in total. The third-order valence-electron chi connectivity index (χ3n) is 6.79. The third-order valence-corrected chi connectivity index (χ3v) is 6.79. The summed E-state index contributed by atoms with van der Waals surface area (Å²) in [5.74, 6) is -5.01. The Morgan fingerprint density at radius 2 is 0.941 bits per heavy atom. The maximum Gasteiger partial charge on any atom is 0.315 e. The van der Waals surface area contributed by atoms with Crippen molar-refractivity contribution >= 4 is 24.5 Å². The molecule has 0 heterocycles. The quantitative estimate of drug-likeness (QED) is 0.279. The van der Waals surface area contributed by atoms with Gasteiger partial charge in [0.25, 0.3) is 0 Å². The van der Waals surface area contributed by atoms with Crippen LogP contribution in [0.5, 0.6) is 11.5 Å². The van der Waals surface area contributed by atoms with E-state index in [1.54, 1.807) is 36.4 Å². The molecule has 0 saturated heterocycles. The predicted octanol–water partition coefficient (Wildman–Crippen LogP) is 4.11. The van der Waals surface area contributed by atoms with Gasteiger partial charge in [-0.05, 0) is 74.2 Å². The topological polar surface area (TPSA) is 86.7 Å². The third kappa shape index (κ3) is 4.45. The minimum Gasteiger partial charge on any atom is -0.426 e. The highest BCUT2D eigenvalue weighted by Crippen LogP contribution is 2.51. The number of allylic oxidation sites excluding steroid dienone is 2. The van der Waals surface area contributed by atoms with Crippen LogP contribution in [0.15, 0.2) is 48.6 Å². The van der Waals surface area contributed by atoms with Gasteiger partial charge in [0.15, 0.2) is 0 Å². The molecule has 0 aromatic heterocycles. The van der Waals surface area contributed by atoms with Gasteiger partial charge < -0.3 is 19.1 Å². The Balaban J connectivity index is 1.69. The Bertz CT molecular complexity index is 1050. The molecule has 6 heteroatoms. The molecule has 1 saturated carbocycles. The van der Waals surface area contributed by atoms with Gasteiger partial charge in [-0.1, -0.05) is 24.3 Å². The molecular formula is C28H28O6. The standard InChI is InChI=1S/C28H28O6/c1-15-7-16(2)10-19(9-15)33-27(31)25-21-5-6-22(24(14-30)23(21)13-29)26(25)28(32)34-20-11-17(3)8-18(4)12-20/h5-14,21-26H,1-4H3. The lowest BCUT2D eigenvalue weighted by atomic mass is 9.53. The van der Waals surface area contributed by atoms with Crippen LogP contribution in [0.3, 0.4) is 0 Å². The van der Waals surface area contributed by atoms with Gasteiger partial charge in [0.2, 0.25) is 0 Å². The minimum atomic E-state index is -0.944. The van der Waals surface area contributed by atoms with E-state index in [1.807, 2.05) is 39.8 Å². The highest BCUT2D eigenvalue weighted by Gasteiger charge is 2.58. The molecule has 0 spiro atoms. The number of aldehydes is 2. The largest absolute Gasteiger partial charge is 0.426 e. The second-order valence-corrected chi connectivity index (χ2v) is 9.51. The second kappa shape index (κ2) is 9.37. The number of aryl methyl sites for hydroxylation is 4. The fraction of sp³-hybridized carbons (Fsp3) is 0.357. The second-order valence-electron chi connectivity index (χ2n) is 9.51. The van der Waals surface area contributed by atoms with Gasteiger partial charge >= 0.3 is 11.9 Å². The summed E-state index contributed by atoms with van der Waals surface area (Å²) in [6.45, 7) is 7.60. The van der Waals surface area contributed by atoms with Crippen molar-refractivity contribution in [3.8, 4) is 11.5 Å². The number of esters is 2. The molecule has 0 amide bonds. The van der Waals surface area contributed by atoms with E-state index in [0.717, 1.165) is 22.3 Å². The summed E-state index contributed by atoms with van der Waals surface area (Å²) in [6, 6.07) is 10.9. The molecule has 3 aliphatic rings. The van der Waals surface area contributed by atoms with Gasteiger partial charge in [0, 0.05) is 23.7 Å². The molecule has 2 aromatic carbocycles. The number of carbonyl (C=O) groups is 4. The van der Waals surface area contributed by atoms with Crippen LogP contribution in [0.2, 0.25) is 0 Å². The SMILES string of the molecule is Cc1cc(C)cc(OC(=O)C2C3C=CC(C(C=O)C3C=O)C2C(=O)Oc2cc(C)cc(C)c2)c1. The monoisotopic (exact) mass is 460 g/mol. The average Bonchev–Trinajstić information content (AvgIpc) is 2.76. The van der Waals surface area contributed by atoms with Gasteiger partial charge in [-0.15, -0.1) is 0 Å². The Kier molecular flexibility index (Phi) is 6.51. The van der Waals surface area contributed by atoms with Crippen molar-refractivity contribution in [2.45, 2.75) is 27.7 Å². The first kappa shape index (κ1) is 23.6. The van der Waals surface area contributed by atoms with E-state index in [9.17, 15) is 19.2 Å². The number of hydrogen-bond acceptors (Lipinski definition) is 6. The summed E-state index contributed by atoms with van der Waals surface area (Å²) in [5, 5.41) is 0. The van der Waals surface area contributed by atoms with E-state index in [4.69, 9.17) is 9.47 Å². The van der Waals surface area contributed by atoms with Crippen molar-refractivity contribution in [3.63, 3.8) is 0 Å². The van der Waals surface area contributed by atoms with E-state index in [0.29, 0.717) is 24.1 Å². The van der Waals surface area contributed by atoms with Gasteiger partial charge in [0.1, 0.15) is 24.1 Å². The fourth-order valence-corrected chi connectivity index (χ4v) is 5.55. The van der Waals surface area contributed by atoms with Crippen LogP contribution < -0.4 is 9.47 Å². The van der Waals surface area contributed by atoms with Crippen LogP contribution in [-0.2, 0) is 19.2 Å². The molecule has 5 rings (SSSR count). The van der Waals surface area contributed by atoms with Crippen molar-refractivity contribution in [1.29, 1.82) is 0 Å². The molecule has 3 aliphatic carbocycles. The molecule has 6 unspecified atom stereocenters. The van der Waals surface area contributed by atoms with Crippen molar-refractivity contribution in [1.82, 2.24) is 0 Å². The van der Waals surface area contributed by atoms with Gasteiger partial charge in [-0.3, -0.25) is 9.59 Å². The van der Waals surface area contributed by atoms with Crippen LogP contribution in [0, 0.1) is 63.2 Å². The number of rotatable bonds is 6. The lowest BCUT2D eigenvalue weighted by Crippen LogP contribution is -2.55. The van der Waals surface area contributed by atoms with Crippen LogP contribution in [0.1, 0.15) is 22.3 Å². The highest BCUT2D eigenvalue weighted by atomic mass is 16.5. The highest BCUT2D eigenvalue weighted by molar-refractivity contribution is 5.88. The number of hydrogen-bond donors (Lipinski definition) is 0. The first-order valence-electron chi connectivity index (χ1n) is 11.4. The summed E-state index contributed by atoms with van der Waals surface area (Å²) in [4.78, 5) is 50.7. The Hall–Kier alpha value is -3.54. The summed E-state index contributed by atoms with van der Waals surface area (Å²) in [6.07, 6.45) is 4.95. The van der Waals surface area contributed by atoms with E-state index >= 15 is 0 Å². The molecule has 6 atom stereocenters. The number of fused-ring (bicyclic) bond motifs is 2. The molecule has 6 nitrogen and oxygen atoms in total. The van der Waals surface area contributed by atoms with E-state index < -0.39 is 47.4 Å².